The monoisotopic (exact) mass is 261 g/mol. The van der Waals surface area contributed by atoms with E-state index in [1.54, 1.807) is 4.31 Å². The van der Waals surface area contributed by atoms with E-state index in [9.17, 15) is 13.5 Å². The lowest BCUT2D eigenvalue weighted by atomic mass is 9.87. The van der Waals surface area contributed by atoms with Crippen LogP contribution in [0.25, 0.3) is 0 Å². The Morgan fingerprint density at radius 3 is 2.53 bits per heavy atom. The largest absolute Gasteiger partial charge is 0.393 e. The van der Waals surface area contributed by atoms with Gasteiger partial charge in [-0.25, -0.2) is 12.7 Å². The highest BCUT2D eigenvalue weighted by Gasteiger charge is 2.37. The van der Waals surface area contributed by atoms with Crippen molar-refractivity contribution in [2.75, 3.05) is 18.8 Å². The number of hydrogen-bond donors (Lipinski definition) is 1. The lowest BCUT2D eigenvalue weighted by Gasteiger charge is -2.29. The van der Waals surface area contributed by atoms with Crippen molar-refractivity contribution >= 4 is 10.0 Å². The minimum Gasteiger partial charge on any atom is -0.393 e. The zero-order valence-corrected chi connectivity index (χ0v) is 11.5. The number of sulfonamides is 1. The fourth-order valence-electron chi connectivity index (χ4n) is 2.58. The van der Waals surface area contributed by atoms with Crippen molar-refractivity contribution < 1.29 is 13.5 Å². The molecule has 2 aliphatic rings. The molecule has 1 saturated heterocycles. The van der Waals surface area contributed by atoms with Crippen LogP contribution in [0.15, 0.2) is 0 Å². The Morgan fingerprint density at radius 1 is 1.29 bits per heavy atom. The van der Waals surface area contributed by atoms with Crippen LogP contribution in [-0.4, -0.2) is 42.8 Å². The Balaban J connectivity index is 2.08. The minimum atomic E-state index is -3.12. The Bertz CT molecular complexity index is 373. The number of aliphatic hydroxyl groups is 1. The second-order valence-corrected chi connectivity index (χ2v) is 8.38. The van der Waals surface area contributed by atoms with Crippen molar-refractivity contribution in [3.63, 3.8) is 0 Å². The van der Waals surface area contributed by atoms with Crippen LogP contribution >= 0.6 is 0 Å². The lowest BCUT2D eigenvalue weighted by Crippen LogP contribution is -2.39. The van der Waals surface area contributed by atoms with Crippen LogP contribution in [0.3, 0.4) is 0 Å². The molecule has 0 spiro atoms. The SMILES string of the molecule is CC1(C)CC(O)CCN(S(=O)(=O)CC2CC2)C1. The molecular weight excluding hydrogens is 238 g/mol. The summed E-state index contributed by atoms with van der Waals surface area (Å²) in [5.74, 6) is 0.690. The Kier molecular flexibility index (Phi) is 3.54. The van der Waals surface area contributed by atoms with Crippen LogP contribution in [0.2, 0.25) is 0 Å². The Morgan fingerprint density at radius 2 is 1.94 bits per heavy atom. The van der Waals surface area contributed by atoms with Gasteiger partial charge >= 0.3 is 0 Å². The maximum atomic E-state index is 12.2. The summed E-state index contributed by atoms with van der Waals surface area (Å²) in [6.45, 7) is 5.07. The molecule has 0 amide bonds. The van der Waals surface area contributed by atoms with Crippen molar-refractivity contribution in [2.24, 2.45) is 11.3 Å². The zero-order valence-electron chi connectivity index (χ0n) is 10.7. The molecule has 1 aliphatic heterocycles. The van der Waals surface area contributed by atoms with Gasteiger partial charge in [-0.1, -0.05) is 13.8 Å². The van der Waals surface area contributed by atoms with Gasteiger partial charge in [0, 0.05) is 13.1 Å². The minimum absolute atomic E-state index is 0.132. The van der Waals surface area contributed by atoms with Gasteiger partial charge in [-0.15, -0.1) is 0 Å². The average Bonchev–Trinajstić information content (AvgIpc) is 2.93. The molecule has 1 atom stereocenters. The molecule has 5 heteroatoms. The van der Waals surface area contributed by atoms with E-state index in [1.807, 2.05) is 13.8 Å². The van der Waals surface area contributed by atoms with Gasteiger partial charge in [-0.3, -0.25) is 0 Å². The lowest BCUT2D eigenvalue weighted by molar-refractivity contribution is 0.122. The molecule has 0 bridgehead atoms. The second kappa shape index (κ2) is 4.52. The van der Waals surface area contributed by atoms with Gasteiger partial charge in [0.1, 0.15) is 0 Å². The van der Waals surface area contributed by atoms with E-state index in [-0.39, 0.29) is 11.5 Å². The van der Waals surface area contributed by atoms with Crippen LogP contribution in [0.5, 0.6) is 0 Å². The highest BCUT2D eigenvalue weighted by molar-refractivity contribution is 7.89. The summed E-state index contributed by atoms with van der Waals surface area (Å²) in [4.78, 5) is 0. The predicted octanol–water partition coefficient (Wildman–Crippen LogP) is 1.21. The smallest absolute Gasteiger partial charge is 0.214 e. The van der Waals surface area contributed by atoms with Crippen molar-refractivity contribution in [3.05, 3.63) is 0 Å². The summed E-state index contributed by atoms with van der Waals surface area (Å²) >= 11 is 0. The molecule has 2 fully saturated rings. The van der Waals surface area contributed by atoms with Crippen LogP contribution in [0.4, 0.5) is 0 Å². The molecule has 0 radical (unpaired) electrons. The molecule has 1 saturated carbocycles. The molecule has 0 aromatic rings. The number of nitrogens with zero attached hydrogens (tertiary/aromatic N) is 1. The van der Waals surface area contributed by atoms with Gasteiger partial charge in [-0.2, -0.15) is 0 Å². The van der Waals surface area contributed by atoms with Gasteiger partial charge in [0.05, 0.1) is 11.9 Å². The van der Waals surface area contributed by atoms with E-state index in [2.05, 4.69) is 0 Å². The third kappa shape index (κ3) is 3.66. The highest BCUT2D eigenvalue weighted by atomic mass is 32.2. The molecular formula is C12H23NO3S. The number of hydrogen-bond acceptors (Lipinski definition) is 3. The number of aliphatic hydroxyl groups excluding tert-OH is 1. The van der Waals surface area contributed by atoms with E-state index < -0.39 is 10.0 Å². The first-order valence-electron chi connectivity index (χ1n) is 6.44. The highest BCUT2D eigenvalue weighted by Crippen LogP contribution is 2.34. The van der Waals surface area contributed by atoms with Crippen molar-refractivity contribution in [2.45, 2.75) is 45.6 Å². The van der Waals surface area contributed by atoms with E-state index in [0.717, 1.165) is 12.8 Å². The van der Waals surface area contributed by atoms with Crippen molar-refractivity contribution in [3.8, 4) is 0 Å². The maximum absolute atomic E-state index is 12.2. The Labute approximate surface area is 104 Å². The van der Waals surface area contributed by atoms with Crippen molar-refractivity contribution in [1.29, 1.82) is 0 Å². The third-order valence-electron chi connectivity index (χ3n) is 3.64. The molecule has 100 valence electrons. The van der Waals surface area contributed by atoms with Crippen LogP contribution in [0.1, 0.15) is 39.5 Å². The molecule has 0 aromatic heterocycles. The maximum Gasteiger partial charge on any atom is 0.214 e. The summed E-state index contributed by atoms with van der Waals surface area (Å²) < 4.78 is 26.1. The molecule has 17 heavy (non-hydrogen) atoms. The average molecular weight is 261 g/mol. The summed E-state index contributed by atoms with van der Waals surface area (Å²) in [5, 5.41) is 9.78. The quantitative estimate of drug-likeness (QED) is 0.831. The van der Waals surface area contributed by atoms with Gasteiger partial charge in [0.25, 0.3) is 0 Å². The summed E-state index contributed by atoms with van der Waals surface area (Å²) in [7, 11) is -3.12. The fourth-order valence-corrected chi connectivity index (χ4v) is 4.65. The first-order chi connectivity index (χ1) is 7.78. The first kappa shape index (κ1) is 13.3. The van der Waals surface area contributed by atoms with E-state index in [1.165, 1.54) is 0 Å². The molecule has 2 rings (SSSR count). The molecule has 4 nitrogen and oxygen atoms in total. The van der Waals surface area contributed by atoms with Crippen LogP contribution in [-0.2, 0) is 10.0 Å². The second-order valence-electron chi connectivity index (χ2n) is 6.37. The predicted molar refractivity (Wildman–Crippen MR) is 67.1 cm³/mol. The first-order valence-corrected chi connectivity index (χ1v) is 8.05. The molecule has 1 aliphatic carbocycles. The number of rotatable bonds is 3. The van der Waals surface area contributed by atoms with Gasteiger partial charge in [0.2, 0.25) is 10.0 Å². The van der Waals surface area contributed by atoms with E-state index >= 15 is 0 Å². The van der Waals surface area contributed by atoms with E-state index in [0.29, 0.717) is 37.6 Å². The van der Waals surface area contributed by atoms with Crippen molar-refractivity contribution in [1.82, 2.24) is 4.31 Å². The zero-order chi connectivity index (χ0) is 12.7. The molecule has 1 unspecified atom stereocenters. The van der Waals surface area contributed by atoms with Crippen LogP contribution < -0.4 is 0 Å². The molecule has 0 aromatic carbocycles. The summed E-state index contributed by atoms with van der Waals surface area (Å²) in [6.07, 6.45) is 2.99. The van der Waals surface area contributed by atoms with Gasteiger partial charge in [-0.05, 0) is 37.0 Å². The normalized spacial score (nSPS) is 31.1. The molecule has 1 N–H and O–H groups in total. The fraction of sp³-hybridized carbons (Fsp3) is 1.00. The molecule has 1 heterocycles. The topological polar surface area (TPSA) is 57.6 Å². The summed E-state index contributed by atoms with van der Waals surface area (Å²) in [5.41, 5.74) is -0.132. The standard InChI is InChI=1S/C12H23NO3S/c1-12(2)7-11(14)5-6-13(9-12)17(15,16)8-10-3-4-10/h10-11,14H,3-9H2,1-2H3. The van der Waals surface area contributed by atoms with Gasteiger partial charge in [0.15, 0.2) is 0 Å². The Hall–Kier alpha value is -0.130. The van der Waals surface area contributed by atoms with Gasteiger partial charge < -0.3 is 5.11 Å². The van der Waals surface area contributed by atoms with Crippen LogP contribution in [0, 0.1) is 11.3 Å². The summed E-state index contributed by atoms with van der Waals surface area (Å²) in [6, 6.07) is 0. The third-order valence-corrected chi connectivity index (χ3v) is 5.63. The van der Waals surface area contributed by atoms with E-state index in [4.69, 9.17) is 0 Å².